The number of ether oxygens (including phenoxy) is 2. The number of hydrogen-bond donors (Lipinski definition) is 0. The minimum absolute atomic E-state index is 0.333. The van der Waals surface area contributed by atoms with Gasteiger partial charge < -0.3 is 14.4 Å². The van der Waals surface area contributed by atoms with Crippen molar-refractivity contribution in [1.29, 1.82) is 0 Å². The fraction of sp³-hybridized carbons (Fsp3) is 0.467. The first-order valence-electron chi connectivity index (χ1n) is 7.09. The van der Waals surface area contributed by atoms with Crippen LogP contribution in [0.5, 0.6) is 0 Å². The van der Waals surface area contributed by atoms with Crippen LogP contribution >= 0.6 is 0 Å². The second-order valence-electron chi connectivity index (χ2n) is 5.31. The van der Waals surface area contributed by atoms with Crippen LogP contribution in [0.1, 0.15) is 12.8 Å². The van der Waals surface area contributed by atoms with Gasteiger partial charge in [0.05, 0.1) is 30.4 Å². The third-order valence-corrected chi connectivity index (χ3v) is 4.10. The van der Waals surface area contributed by atoms with E-state index in [0.717, 1.165) is 56.0 Å². The molecule has 2 aliphatic rings. The summed E-state index contributed by atoms with van der Waals surface area (Å²) in [7, 11) is 0. The molecule has 0 saturated carbocycles. The third kappa shape index (κ3) is 2.03. The summed E-state index contributed by atoms with van der Waals surface area (Å²) in [6.45, 7) is 3.23. The smallest absolute Gasteiger partial charge is 0.171 e. The van der Waals surface area contributed by atoms with Gasteiger partial charge in [-0.3, -0.25) is 4.98 Å². The summed E-state index contributed by atoms with van der Waals surface area (Å²) in [6.07, 6.45) is 3.64. The first-order chi connectivity index (χ1) is 9.85. The van der Waals surface area contributed by atoms with Gasteiger partial charge in [0.15, 0.2) is 5.79 Å². The van der Waals surface area contributed by atoms with Crippen LogP contribution in [0.25, 0.3) is 11.0 Å². The van der Waals surface area contributed by atoms with E-state index in [1.54, 1.807) is 0 Å². The van der Waals surface area contributed by atoms with Crippen molar-refractivity contribution in [2.45, 2.75) is 18.6 Å². The molecule has 0 unspecified atom stereocenters. The van der Waals surface area contributed by atoms with Gasteiger partial charge in [0.2, 0.25) is 0 Å². The molecule has 0 N–H and O–H groups in total. The lowest BCUT2D eigenvalue weighted by Gasteiger charge is -2.38. The molecule has 0 aliphatic carbocycles. The maximum atomic E-state index is 5.75. The Balaban J connectivity index is 1.55. The summed E-state index contributed by atoms with van der Waals surface area (Å²) < 4.78 is 11.5. The van der Waals surface area contributed by atoms with Gasteiger partial charge in [-0.25, -0.2) is 4.98 Å². The van der Waals surface area contributed by atoms with Crippen LogP contribution in [0.15, 0.2) is 30.5 Å². The molecule has 2 saturated heterocycles. The molecule has 104 valence electrons. The van der Waals surface area contributed by atoms with Crippen LogP contribution in [-0.2, 0) is 9.47 Å². The summed E-state index contributed by atoms with van der Waals surface area (Å²) in [4.78, 5) is 11.4. The summed E-state index contributed by atoms with van der Waals surface area (Å²) in [6, 6.07) is 7.96. The van der Waals surface area contributed by atoms with E-state index < -0.39 is 0 Å². The SMILES string of the molecule is c1ccc2nc(N3CCC4(CC3)OCCO4)cnc2c1. The zero-order chi connectivity index (χ0) is 13.4. The third-order valence-electron chi connectivity index (χ3n) is 4.10. The normalized spacial score (nSPS) is 21.7. The van der Waals surface area contributed by atoms with Crippen molar-refractivity contribution < 1.29 is 9.47 Å². The number of piperidine rings is 1. The molecule has 20 heavy (non-hydrogen) atoms. The molecule has 0 atom stereocenters. The van der Waals surface area contributed by atoms with Crippen molar-refractivity contribution in [2.75, 3.05) is 31.2 Å². The topological polar surface area (TPSA) is 47.5 Å². The summed E-state index contributed by atoms with van der Waals surface area (Å²) in [5.41, 5.74) is 1.88. The van der Waals surface area contributed by atoms with Gasteiger partial charge in [0.1, 0.15) is 5.82 Å². The second kappa shape index (κ2) is 4.68. The molecule has 5 nitrogen and oxygen atoms in total. The monoisotopic (exact) mass is 271 g/mol. The van der Waals surface area contributed by atoms with Gasteiger partial charge >= 0.3 is 0 Å². The molecule has 5 heteroatoms. The standard InChI is InChI=1S/C15H17N3O2/c1-2-4-13-12(3-1)16-11-14(17-13)18-7-5-15(6-8-18)19-9-10-20-15/h1-4,11H,5-10H2. The average Bonchev–Trinajstić information content (AvgIpc) is 2.96. The maximum absolute atomic E-state index is 5.75. The molecule has 2 aromatic rings. The van der Waals surface area contributed by atoms with Crippen molar-refractivity contribution >= 4 is 16.9 Å². The van der Waals surface area contributed by atoms with Gasteiger partial charge in [-0.2, -0.15) is 0 Å². The van der Waals surface area contributed by atoms with Gasteiger partial charge in [0, 0.05) is 25.9 Å². The van der Waals surface area contributed by atoms with Crippen LogP contribution in [0, 0.1) is 0 Å². The average molecular weight is 271 g/mol. The summed E-state index contributed by atoms with van der Waals surface area (Å²) in [5, 5.41) is 0. The molecule has 2 fully saturated rings. The lowest BCUT2D eigenvalue weighted by atomic mass is 10.0. The van der Waals surface area contributed by atoms with Gasteiger partial charge in [-0.05, 0) is 12.1 Å². The zero-order valence-corrected chi connectivity index (χ0v) is 11.3. The van der Waals surface area contributed by atoms with Crippen LogP contribution in [0.3, 0.4) is 0 Å². The maximum Gasteiger partial charge on any atom is 0.171 e. The predicted molar refractivity (Wildman–Crippen MR) is 75.6 cm³/mol. The quantitative estimate of drug-likeness (QED) is 0.793. The lowest BCUT2D eigenvalue weighted by Crippen LogP contribution is -2.45. The molecule has 3 heterocycles. The Kier molecular flexibility index (Phi) is 2.82. The molecule has 1 spiro atoms. The van der Waals surface area contributed by atoms with Crippen molar-refractivity contribution in [3.05, 3.63) is 30.5 Å². The minimum atomic E-state index is -0.333. The Morgan fingerprint density at radius 2 is 1.70 bits per heavy atom. The molecule has 4 rings (SSSR count). The summed E-state index contributed by atoms with van der Waals surface area (Å²) >= 11 is 0. The van der Waals surface area contributed by atoms with Crippen LogP contribution < -0.4 is 4.90 Å². The summed E-state index contributed by atoms with van der Waals surface area (Å²) in [5.74, 6) is 0.609. The first-order valence-corrected chi connectivity index (χ1v) is 7.09. The van der Waals surface area contributed by atoms with Gasteiger partial charge in [-0.1, -0.05) is 12.1 Å². The number of benzene rings is 1. The molecule has 0 radical (unpaired) electrons. The molecule has 2 aliphatic heterocycles. The van der Waals surface area contributed by atoms with E-state index in [0.29, 0.717) is 0 Å². The Morgan fingerprint density at radius 3 is 2.45 bits per heavy atom. The van der Waals surface area contributed by atoms with Crippen LogP contribution in [0.4, 0.5) is 5.82 Å². The number of hydrogen-bond acceptors (Lipinski definition) is 5. The highest BCUT2D eigenvalue weighted by atomic mass is 16.7. The van der Waals surface area contributed by atoms with E-state index in [2.05, 4.69) is 9.88 Å². The van der Waals surface area contributed by atoms with Gasteiger partial charge in [0.25, 0.3) is 0 Å². The zero-order valence-electron chi connectivity index (χ0n) is 11.3. The molecular formula is C15H17N3O2. The number of para-hydroxylation sites is 2. The number of rotatable bonds is 1. The van der Waals surface area contributed by atoms with E-state index >= 15 is 0 Å². The van der Waals surface area contributed by atoms with E-state index in [9.17, 15) is 0 Å². The highest BCUT2D eigenvalue weighted by Gasteiger charge is 2.40. The Hall–Kier alpha value is -1.72. The molecule has 0 bridgehead atoms. The predicted octanol–water partition coefficient (Wildman–Crippen LogP) is 1.97. The Labute approximate surface area is 117 Å². The van der Waals surface area contributed by atoms with E-state index in [4.69, 9.17) is 14.5 Å². The van der Waals surface area contributed by atoms with Crippen molar-refractivity contribution in [2.24, 2.45) is 0 Å². The molecule has 1 aromatic carbocycles. The highest BCUT2D eigenvalue weighted by molar-refractivity contribution is 5.75. The number of fused-ring (bicyclic) bond motifs is 1. The first kappa shape index (κ1) is 12.1. The van der Waals surface area contributed by atoms with Crippen LogP contribution in [-0.4, -0.2) is 42.1 Å². The molecule has 0 amide bonds. The Bertz CT molecular complexity index is 615. The fourth-order valence-corrected chi connectivity index (χ4v) is 2.96. The Morgan fingerprint density at radius 1 is 1.00 bits per heavy atom. The van der Waals surface area contributed by atoms with Crippen molar-refractivity contribution in [3.63, 3.8) is 0 Å². The number of nitrogens with zero attached hydrogens (tertiary/aromatic N) is 3. The number of aromatic nitrogens is 2. The van der Waals surface area contributed by atoms with E-state index in [1.807, 2.05) is 30.5 Å². The molecule has 1 aromatic heterocycles. The van der Waals surface area contributed by atoms with E-state index in [-0.39, 0.29) is 5.79 Å². The van der Waals surface area contributed by atoms with Crippen molar-refractivity contribution in [1.82, 2.24) is 9.97 Å². The highest BCUT2D eigenvalue weighted by Crippen LogP contribution is 2.32. The minimum Gasteiger partial charge on any atom is -0.355 e. The largest absolute Gasteiger partial charge is 0.355 e. The van der Waals surface area contributed by atoms with Gasteiger partial charge in [-0.15, -0.1) is 0 Å². The second-order valence-corrected chi connectivity index (χ2v) is 5.31. The van der Waals surface area contributed by atoms with Crippen molar-refractivity contribution in [3.8, 4) is 0 Å². The van der Waals surface area contributed by atoms with E-state index in [1.165, 1.54) is 0 Å². The number of anilines is 1. The lowest BCUT2D eigenvalue weighted by molar-refractivity contribution is -0.169. The fourth-order valence-electron chi connectivity index (χ4n) is 2.96. The molecular weight excluding hydrogens is 254 g/mol. The van der Waals surface area contributed by atoms with Crippen LogP contribution in [0.2, 0.25) is 0 Å².